The molecule has 1 aliphatic rings. The Morgan fingerprint density at radius 2 is 2.46 bits per heavy atom. The van der Waals surface area contributed by atoms with E-state index in [9.17, 15) is 4.79 Å². The van der Waals surface area contributed by atoms with Crippen molar-refractivity contribution < 1.29 is 14.6 Å². The van der Waals surface area contributed by atoms with E-state index in [0.717, 1.165) is 12.8 Å². The largest absolute Gasteiger partial charge is 0.356 e. The lowest BCUT2D eigenvalue weighted by Gasteiger charge is -2.17. The first kappa shape index (κ1) is 10.4. The third-order valence-electron chi connectivity index (χ3n) is 1.95. The summed E-state index contributed by atoms with van der Waals surface area (Å²) in [4.78, 5) is 11.0. The summed E-state index contributed by atoms with van der Waals surface area (Å²) < 4.78 is 5.00. The van der Waals surface area contributed by atoms with Gasteiger partial charge in [0, 0.05) is 12.8 Å². The first-order valence-electron chi connectivity index (χ1n) is 4.46. The molecular weight excluding hydrogens is 170 g/mol. The first-order valence-corrected chi connectivity index (χ1v) is 4.46. The van der Waals surface area contributed by atoms with Gasteiger partial charge in [0.15, 0.2) is 0 Å². The van der Waals surface area contributed by atoms with Gasteiger partial charge in [-0.05, 0) is 12.8 Å². The van der Waals surface area contributed by atoms with Crippen LogP contribution >= 0.6 is 0 Å². The van der Waals surface area contributed by atoms with Crippen molar-refractivity contribution in [1.29, 1.82) is 0 Å². The minimum atomic E-state index is -1.23. The molecule has 2 unspecified atom stereocenters. The van der Waals surface area contributed by atoms with E-state index in [-0.39, 0.29) is 11.9 Å². The van der Waals surface area contributed by atoms with Crippen LogP contribution in [0.2, 0.25) is 0 Å². The second-order valence-electron chi connectivity index (χ2n) is 3.13. The number of aliphatic hydroxyl groups excluding tert-OH is 1. The fraction of sp³-hybridized carbons (Fsp3) is 0.667. The minimum absolute atomic E-state index is 0.159. The van der Waals surface area contributed by atoms with Crippen LogP contribution in [-0.4, -0.2) is 23.4 Å². The zero-order valence-electron chi connectivity index (χ0n) is 7.48. The molecule has 0 aliphatic heterocycles. The molecule has 0 radical (unpaired) electrons. The first-order chi connectivity index (χ1) is 6.18. The van der Waals surface area contributed by atoms with Crippen molar-refractivity contribution in [3.63, 3.8) is 0 Å². The zero-order chi connectivity index (χ0) is 9.68. The number of carbonyl (C=O) groups is 1. The molecule has 1 rings (SSSR count). The van der Waals surface area contributed by atoms with Crippen LogP contribution in [0.5, 0.6) is 0 Å². The van der Waals surface area contributed by atoms with Crippen LogP contribution in [0.3, 0.4) is 0 Å². The van der Waals surface area contributed by atoms with Gasteiger partial charge in [-0.2, -0.15) is 0 Å². The van der Waals surface area contributed by atoms with Crippen LogP contribution in [0.15, 0.2) is 12.2 Å². The molecule has 0 bridgehead atoms. The van der Waals surface area contributed by atoms with E-state index >= 15 is 0 Å². The van der Waals surface area contributed by atoms with Gasteiger partial charge in [0.25, 0.3) is 0 Å². The van der Waals surface area contributed by atoms with Crippen molar-refractivity contribution >= 4 is 5.78 Å². The Labute approximate surface area is 77.4 Å². The van der Waals surface area contributed by atoms with Gasteiger partial charge in [-0.1, -0.05) is 12.2 Å². The second kappa shape index (κ2) is 5.11. The lowest BCUT2D eigenvalue weighted by molar-refractivity contribution is -0.123. The number of hydrogen-bond donors (Lipinski definition) is 2. The summed E-state index contributed by atoms with van der Waals surface area (Å²) in [6.45, 7) is 0. The summed E-state index contributed by atoms with van der Waals surface area (Å²) in [6.07, 6.45) is 4.74. The van der Waals surface area contributed by atoms with E-state index in [1.807, 2.05) is 0 Å². The molecule has 0 aromatic rings. The van der Waals surface area contributed by atoms with Crippen molar-refractivity contribution in [2.75, 3.05) is 0 Å². The Morgan fingerprint density at radius 1 is 1.69 bits per heavy atom. The van der Waals surface area contributed by atoms with E-state index < -0.39 is 6.41 Å². The van der Waals surface area contributed by atoms with E-state index in [1.165, 1.54) is 0 Å². The molecule has 0 fully saturated rings. The number of Topliss-reactive ketones (excluding diaryl/α,β-unsaturated/α-hetero) is 1. The van der Waals surface area contributed by atoms with E-state index in [1.54, 1.807) is 12.2 Å². The summed E-state index contributed by atoms with van der Waals surface area (Å²) in [6, 6.07) is 0. The van der Waals surface area contributed by atoms with Gasteiger partial charge in [0.1, 0.15) is 5.78 Å². The van der Waals surface area contributed by atoms with Crippen molar-refractivity contribution in [2.24, 2.45) is 5.73 Å². The molecule has 0 spiro atoms. The topological polar surface area (TPSA) is 72.6 Å². The maximum Gasteiger partial charge on any atom is 0.211 e. The number of ketones is 1. The summed E-state index contributed by atoms with van der Waals surface area (Å²) in [5.74, 6) is 0.253. The standard InChI is InChI=1S/C9H15NO3/c10-9(12)13-8-5-1-3-7(11)4-2-6-8/h1,5,8-9,12H,2-4,6,10H2. The molecule has 0 amide bonds. The number of ether oxygens (including phenoxy) is 1. The molecule has 1 aliphatic carbocycles. The molecule has 0 heterocycles. The lowest BCUT2D eigenvalue weighted by atomic mass is 10.0. The number of nitrogens with two attached hydrogens (primary N) is 1. The highest BCUT2D eigenvalue weighted by atomic mass is 16.6. The van der Waals surface area contributed by atoms with Gasteiger partial charge in [-0.25, -0.2) is 0 Å². The molecule has 0 saturated heterocycles. The second-order valence-corrected chi connectivity index (χ2v) is 3.13. The van der Waals surface area contributed by atoms with Gasteiger partial charge in [0.05, 0.1) is 6.10 Å². The molecule has 0 aromatic carbocycles. The van der Waals surface area contributed by atoms with E-state index in [2.05, 4.69) is 0 Å². The van der Waals surface area contributed by atoms with Crippen LogP contribution in [0.1, 0.15) is 25.7 Å². The molecule has 74 valence electrons. The molecule has 0 saturated carbocycles. The molecular formula is C9H15NO3. The Kier molecular flexibility index (Phi) is 4.08. The van der Waals surface area contributed by atoms with Gasteiger partial charge >= 0.3 is 0 Å². The molecule has 0 aromatic heterocycles. The Morgan fingerprint density at radius 3 is 3.15 bits per heavy atom. The SMILES string of the molecule is NC(O)OC1C=CCC(=O)CCC1. The smallest absolute Gasteiger partial charge is 0.211 e. The number of rotatable bonds is 2. The van der Waals surface area contributed by atoms with Crippen molar-refractivity contribution in [2.45, 2.75) is 38.2 Å². The fourth-order valence-corrected chi connectivity index (χ4v) is 1.34. The van der Waals surface area contributed by atoms with Gasteiger partial charge in [0.2, 0.25) is 6.41 Å². The highest BCUT2D eigenvalue weighted by Gasteiger charge is 2.12. The summed E-state index contributed by atoms with van der Waals surface area (Å²) in [5, 5.41) is 8.77. The zero-order valence-corrected chi connectivity index (χ0v) is 7.48. The number of hydrogen-bond acceptors (Lipinski definition) is 4. The van der Waals surface area contributed by atoms with Gasteiger partial charge < -0.3 is 9.84 Å². The van der Waals surface area contributed by atoms with Gasteiger partial charge in [-0.15, -0.1) is 0 Å². The predicted molar refractivity (Wildman–Crippen MR) is 47.7 cm³/mol. The fourth-order valence-electron chi connectivity index (χ4n) is 1.34. The maximum atomic E-state index is 11.0. The van der Waals surface area contributed by atoms with E-state index in [0.29, 0.717) is 12.8 Å². The molecule has 3 N–H and O–H groups in total. The third kappa shape index (κ3) is 4.17. The average molecular weight is 185 g/mol. The van der Waals surface area contributed by atoms with Crippen LogP contribution in [-0.2, 0) is 9.53 Å². The van der Waals surface area contributed by atoms with E-state index in [4.69, 9.17) is 15.6 Å². The number of aliphatic hydroxyl groups is 1. The minimum Gasteiger partial charge on any atom is -0.356 e. The maximum absolute atomic E-state index is 11.0. The summed E-state index contributed by atoms with van der Waals surface area (Å²) >= 11 is 0. The molecule has 4 nitrogen and oxygen atoms in total. The molecule has 13 heavy (non-hydrogen) atoms. The lowest BCUT2D eigenvalue weighted by Crippen LogP contribution is -2.28. The van der Waals surface area contributed by atoms with Crippen molar-refractivity contribution in [3.05, 3.63) is 12.2 Å². The Bertz CT molecular complexity index is 201. The highest BCUT2D eigenvalue weighted by Crippen LogP contribution is 2.12. The van der Waals surface area contributed by atoms with Crippen molar-refractivity contribution in [3.8, 4) is 0 Å². The van der Waals surface area contributed by atoms with Crippen LogP contribution in [0.4, 0.5) is 0 Å². The predicted octanol–water partition coefficient (Wildman–Crippen LogP) is 0.305. The average Bonchev–Trinajstić information content (AvgIpc) is 1.99. The van der Waals surface area contributed by atoms with Crippen LogP contribution < -0.4 is 5.73 Å². The van der Waals surface area contributed by atoms with Gasteiger partial charge in [-0.3, -0.25) is 10.5 Å². The number of allylic oxidation sites excluding steroid dienone is 1. The summed E-state index contributed by atoms with van der Waals surface area (Å²) in [7, 11) is 0. The molecule has 4 heteroatoms. The highest BCUT2D eigenvalue weighted by molar-refractivity contribution is 5.79. The summed E-state index contributed by atoms with van der Waals surface area (Å²) in [5.41, 5.74) is 5.07. The molecule has 2 atom stereocenters. The van der Waals surface area contributed by atoms with Crippen LogP contribution in [0, 0.1) is 0 Å². The normalized spacial score (nSPS) is 26.6. The number of carbonyl (C=O) groups excluding carboxylic acids is 1. The Hall–Kier alpha value is -0.710. The Balaban J connectivity index is 2.42. The van der Waals surface area contributed by atoms with Crippen molar-refractivity contribution in [1.82, 2.24) is 0 Å². The van der Waals surface area contributed by atoms with Crippen LogP contribution in [0.25, 0.3) is 0 Å². The monoisotopic (exact) mass is 185 g/mol. The third-order valence-corrected chi connectivity index (χ3v) is 1.95. The quantitative estimate of drug-likeness (QED) is 0.479.